The topological polar surface area (TPSA) is 92.6 Å². The Morgan fingerprint density at radius 1 is 1.17 bits per heavy atom. The maximum atomic E-state index is 14.5. The van der Waals surface area contributed by atoms with Crippen molar-refractivity contribution in [2.24, 2.45) is 5.92 Å². The quantitative estimate of drug-likeness (QED) is 0.543. The van der Waals surface area contributed by atoms with Crippen LogP contribution in [-0.4, -0.2) is 59.6 Å². The number of aliphatic hydroxyl groups excluding tert-OH is 1. The van der Waals surface area contributed by atoms with Crippen LogP contribution in [0, 0.1) is 23.6 Å². The summed E-state index contributed by atoms with van der Waals surface area (Å²) in [5.74, 6) is 8.06. The number of anilines is 3. The Morgan fingerprint density at radius 3 is 2.77 bits per heavy atom. The monoisotopic (exact) mass is 475 g/mol. The van der Waals surface area contributed by atoms with Gasteiger partial charge in [-0.05, 0) is 31.0 Å². The first-order chi connectivity index (χ1) is 17.1. The number of hydrogen-bond acceptors (Lipinski definition) is 8. The standard InChI is InChI=1S/C26H26FN5O3/c1-34-22-4-2-3-20(27)25(22)26-28-10-7-23(31-26)30-24-13-21(32-15-19(33)16-32)18(14-29-24)6-5-17-8-11-35-12-9-17/h2-4,7,10,13-14,17,19,33H,8-9,11-12,15-16H2,1H3,(H,28,29,30,31). The Labute approximate surface area is 203 Å². The van der Waals surface area contributed by atoms with E-state index in [2.05, 4.69) is 37.0 Å². The highest BCUT2D eigenvalue weighted by molar-refractivity contribution is 5.69. The fourth-order valence-electron chi connectivity index (χ4n) is 4.12. The molecule has 0 aliphatic carbocycles. The Kier molecular flexibility index (Phi) is 6.75. The van der Waals surface area contributed by atoms with Crippen LogP contribution in [-0.2, 0) is 4.74 Å². The number of pyridine rings is 1. The maximum Gasteiger partial charge on any atom is 0.168 e. The summed E-state index contributed by atoms with van der Waals surface area (Å²) in [6.07, 6.45) is 4.80. The highest BCUT2D eigenvalue weighted by atomic mass is 19.1. The Hall–Kier alpha value is -3.74. The molecule has 2 aromatic heterocycles. The van der Waals surface area contributed by atoms with Crippen molar-refractivity contribution in [3.05, 3.63) is 54.1 Å². The fraction of sp³-hybridized carbons (Fsp3) is 0.346. The predicted octanol–water partition coefficient (Wildman–Crippen LogP) is 3.39. The third kappa shape index (κ3) is 5.19. The predicted molar refractivity (Wildman–Crippen MR) is 130 cm³/mol. The molecule has 8 nitrogen and oxygen atoms in total. The molecule has 0 amide bonds. The minimum absolute atomic E-state index is 0.195. The molecule has 0 radical (unpaired) electrons. The van der Waals surface area contributed by atoms with E-state index in [1.54, 1.807) is 30.6 Å². The third-order valence-corrected chi connectivity index (χ3v) is 6.05. The van der Waals surface area contributed by atoms with Crippen LogP contribution >= 0.6 is 0 Å². The van der Waals surface area contributed by atoms with Gasteiger partial charge in [0, 0.05) is 50.7 Å². The van der Waals surface area contributed by atoms with Gasteiger partial charge in [-0.15, -0.1) is 0 Å². The van der Waals surface area contributed by atoms with Gasteiger partial charge in [0.1, 0.15) is 23.2 Å². The van der Waals surface area contributed by atoms with Crippen LogP contribution in [0.15, 0.2) is 42.7 Å². The number of hydrogen-bond donors (Lipinski definition) is 2. The molecule has 0 spiro atoms. The van der Waals surface area contributed by atoms with E-state index in [0.717, 1.165) is 37.3 Å². The number of nitrogens with zero attached hydrogens (tertiary/aromatic N) is 4. The third-order valence-electron chi connectivity index (χ3n) is 6.05. The number of benzene rings is 1. The van der Waals surface area contributed by atoms with Gasteiger partial charge in [-0.25, -0.2) is 19.3 Å². The van der Waals surface area contributed by atoms with Gasteiger partial charge in [0.2, 0.25) is 0 Å². The van der Waals surface area contributed by atoms with Crippen molar-refractivity contribution in [2.45, 2.75) is 18.9 Å². The van der Waals surface area contributed by atoms with Crippen LogP contribution in [0.3, 0.4) is 0 Å². The highest BCUT2D eigenvalue weighted by Gasteiger charge is 2.27. The zero-order valence-electron chi connectivity index (χ0n) is 19.4. The molecule has 4 heterocycles. The lowest BCUT2D eigenvalue weighted by atomic mass is 10.0. The number of aliphatic hydroxyl groups is 1. The molecule has 0 unspecified atom stereocenters. The van der Waals surface area contributed by atoms with E-state index >= 15 is 0 Å². The van der Waals surface area contributed by atoms with Crippen molar-refractivity contribution in [3.8, 4) is 29.0 Å². The van der Waals surface area contributed by atoms with Crippen LogP contribution in [0.5, 0.6) is 5.75 Å². The number of β-amino-alcohol motifs (C(OH)–C–C–N with tert-alkyl or cyclic N) is 1. The molecule has 2 aliphatic heterocycles. The van der Waals surface area contributed by atoms with Gasteiger partial charge in [-0.3, -0.25) is 0 Å². The van der Waals surface area contributed by atoms with E-state index in [1.807, 2.05) is 6.07 Å². The molecule has 5 rings (SSSR count). The van der Waals surface area contributed by atoms with Gasteiger partial charge in [-0.1, -0.05) is 17.9 Å². The summed E-state index contributed by atoms with van der Waals surface area (Å²) in [7, 11) is 1.48. The number of nitrogens with one attached hydrogen (secondary N) is 1. The van der Waals surface area contributed by atoms with E-state index in [0.29, 0.717) is 36.4 Å². The first-order valence-corrected chi connectivity index (χ1v) is 11.6. The van der Waals surface area contributed by atoms with E-state index in [4.69, 9.17) is 9.47 Å². The summed E-state index contributed by atoms with van der Waals surface area (Å²) in [6.45, 7) is 2.57. The van der Waals surface area contributed by atoms with Crippen molar-refractivity contribution in [1.82, 2.24) is 15.0 Å². The number of halogens is 1. The van der Waals surface area contributed by atoms with Gasteiger partial charge in [-0.2, -0.15) is 0 Å². The normalized spacial score (nSPS) is 16.3. The highest BCUT2D eigenvalue weighted by Crippen LogP contribution is 2.32. The van der Waals surface area contributed by atoms with Crippen molar-refractivity contribution < 1.29 is 19.0 Å². The molecule has 180 valence electrons. The Balaban J connectivity index is 1.42. The number of rotatable bonds is 5. The van der Waals surface area contributed by atoms with E-state index in [-0.39, 0.29) is 17.5 Å². The first kappa shape index (κ1) is 23.0. The number of aromatic nitrogens is 3. The van der Waals surface area contributed by atoms with E-state index in [1.165, 1.54) is 13.2 Å². The lowest BCUT2D eigenvalue weighted by Crippen LogP contribution is -2.51. The smallest absolute Gasteiger partial charge is 0.168 e. The molecular weight excluding hydrogens is 449 g/mol. The maximum absolute atomic E-state index is 14.5. The van der Waals surface area contributed by atoms with Gasteiger partial charge in [0.25, 0.3) is 0 Å². The summed E-state index contributed by atoms with van der Waals surface area (Å²) in [6, 6.07) is 8.16. The van der Waals surface area contributed by atoms with E-state index in [9.17, 15) is 9.50 Å². The first-order valence-electron chi connectivity index (χ1n) is 11.6. The average molecular weight is 476 g/mol. The molecule has 2 saturated heterocycles. The fourth-order valence-corrected chi connectivity index (χ4v) is 4.12. The molecule has 0 atom stereocenters. The minimum atomic E-state index is -0.467. The number of methoxy groups -OCH3 is 1. The molecule has 0 saturated carbocycles. The molecule has 0 bridgehead atoms. The molecule has 1 aromatic carbocycles. The van der Waals surface area contributed by atoms with Crippen LogP contribution in [0.4, 0.5) is 21.7 Å². The lowest BCUT2D eigenvalue weighted by Gasteiger charge is -2.38. The molecule has 9 heteroatoms. The lowest BCUT2D eigenvalue weighted by molar-refractivity contribution is 0.0807. The molecular formula is C26H26FN5O3. The summed E-state index contributed by atoms with van der Waals surface area (Å²) < 4.78 is 25.2. The number of ether oxygens (including phenoxy) is 2. The van der Waals surface area contributed by atoms with Crippen LogP contribution in [0.1, 0.15) is 18.4 Å². The van der Waals surface area contributed by atoms with E-state index < -0.39 is 5.82 Å². The second-order valence-corrected chi connectivity index (χ2v) is 8.51. The van der Waals surface area contributed by atoms with Gasteiger partial charge in [0.05, 0.1) is 30.0 Å². The summed E-state index contributed by atoms with van der Waals surface area (Å²) >= 11 is 0. The molecule has 2 fully saturated rings. The van der Waals surface area contributed by atoms with Crippen molar-refractivity contribution in [3.63, 3.8) is 0 Å². The molecule has 3 aromatic rings. The Bertz CT molecular complexity index is 1260. The molecule has 2 aliphatic rings. The van der Waals surface area contributed by atoms with Gasteiger partial charge >= 0.3 is 0 Å². The van der Waals surface area contributed by atoms with Crippen molar-refractivity contribution >= 4 is 17.3 Å². The van der Waals surface area contributed by atoms with Gasteiger partial charge < -0.3 is 24.8 Å². The van der Waals surface area contributed by atoms with Crippen molar-refractivity contribution in [1.29, 1.82) is 0 Å². The largest absolute Gasteiger partial charge is 0.496 e. The second-order valence-electron chi connectivity index (χ2n) is 8.51. The van der Waals surface area contributed by atoms with Crippen LogP contribution in [0.25, 0.3) is 11.4 Å². The zero-order chi connectivity index (χ0) is 24.2. The summed E-state index contributed by atoms with van der Waals surface area (Å²) in [5, 5.41) is 13.0. The minimum Gasteiger partial charge on any atom is -0.496 e. The average Bonchev–Trinajstić information content (AvgIpc) is 2.86. The SMILES string of the molecule is COc1cccc(F)c1-c1nccc(Nc2cc(N3CC(O)C3)c(C#CC3CCOCC3)cn2)n1. The molecule has 35 heavy (non-hydrogen) atoms. The molecule has 2 N–H and O–H groups in total. The summed E-state index contributed by atoms with van der Waals surface area (Å²) in [5.41, 5.74) is 1.91. The van der Waals surface area contributed by atoms with Crippen molar-refractivity contribution in [2.75, 3.05) is 43.6 Å². The zero-order valence-corrected chi connectivity index (χ0v) is 19.4. The second kappa shape index (κ2) is 10.3. The van der Waals surface area contributed by atoms with Crippen LogP contribution in [0.2, 0.25) is 0 Å². The summed E-state index contributed by atoms with van der Waals surface area (Å²) in [4.78, 5) is 15.3. The Morgan fingerprint density at radius 2 is 2.00 bits per heavy atom. The van der Waals surface area contributed by atoms with Gasteiger partial charge in [0.15, 0.2) is 5.82 Å². The van der Waals surface area contributed by atoms with Crippen LogP contribution < -0.4 is 15.0 Å².